The Balaban J connectivity index is 2.47. The molecule has 0 aliphatic heterocycles. The number of amides is 1. The fourth-order valence-corrected chi connectivity index (χ4v) is 1.82. The average Bonchev–Trinajstić information content (AvgIpc) is 2.88. The van der Waals surface area contributed by atoms with E-state index < -0.39 is 16.7 Å². The molecule has 0 aliphatic rings. The third kappa shape index (κ3) is 4.73. The number of carbonyl (C=O) groups is 1. The Labute approximate surface area is 112 Å². The predicted octanol–water partition coefficient (Wildman–Crippen LogP) is 3.13. The lowest BCUT2D eigenvalue weighted by atomic mass is 9.99. The first kappa shape index (κ1) is 15.2. The minimum atomic E-state index is -0.660. The molecule has 106 valence electrons. The molecule has 1 aromatic heterocycles. The molecule has 0 radical (unpaired) electrons. The molecule has 1 N–H and O–H groups in total. The van der Waals surface area contributed by atoms with Crippen LogP contribution in [-0.2, 0) is 0 Å². The van der Waals surface area contributed by atoms with Crippen LogP contribution in [0.4, 0.5) is 5.88 Å². The summed E-state index contributed by atoms with van der Waals surface area (Å²) in [5, 5.41) is 13.2. The van der Waals surface area contributed by atoms with Crippen molar-refractivity contribution in [3.8, 4) is 0 Å². The summed E-state index contributed by atoms with van der Waals surface area (Å²) in [5.41, 5.74) is 0. The van der Waals surface area contributed by atoms with Gasteiger partial charge in [0.2, 0.25) is 0 Å². The second-order valence-corrected chi connectivity index (χ2v) is 4.52. The van der Waals surface area contributed by atoms with Crippen LogP contribution in [0.1, 0.15) is 50.1 Å². The zero-order chi connectivity index (χ0) is 14.3. The van der Waals surface area contributed by atoms with Crippen LogP contribution in [0.3, 0.4) is 0 Å². The van der Waals surface area contributed by atoms with Crippen molar-refractivity contribution < 1.29 is 14.1 Å². The molecule has 0 aliphatic carbocycles. The number of hydrogen-bond donors (Lipinski definition) is 1. The SMILES string of the molecule is CCCCC(CC)CNC(=O)c1ccc([N+](=O)[O-])o1. The monoisotopic (exact) mass is 268 g/mol. The van der Waals surface area contributed by atoms with Crippen LogP contribution in [0.25, 0.3) is 0 Å². The van der Waals surface area contributed by atoms with Crippen LogP contribution in [0, 0.1) is 16.0 Å². The summed E-state index contributed by atoms with van der Waals surface area (Å²) in [4.78, 5) is 21.5. The molecule has 6 heteroatoms. The van der Waals surface area contributed by atoms with Gasteiger partial charge >= 0.3 is 5.88 Å². The van der Waals surface area contributed by atoms with E-state index in [4.69, 9.17) is 4.42 Å². The topological polar surface area (TPSA) is 85.4 Å². The van der Waals surface area contributed by atoms with Crippen molar-refractivity contribution in [1.29, 1.82) is 0 Å². The van der Waals surface area contributed by atoms with E-state index in [0.29, 0.717) is 12.5 Å². The summed E-state index contributed by atoms with van der Waals surface area (Å²) in [6, 6.07) is 2.50. The zero-order valence-corrected chi connectivity index (χ0v) is 11.3. The van der Waals surface area contributed by atoms with Crippen LogP contribution in [0.2, 0.25) is 0 Å². The van der Waals surface area contributed by atoms with Crippen molar-refractivity contribution >= 4 is 11.8 Å². The molecular formula is C13H20N2O4. The first-order valence-electron chi connectivity index (χ1n) is 6.60. The highest BCUT2D eigenvalue weighted by Gasteiger charge is 2.17. The number of furan rings is 1. The summed E-state index contributed by atoms with van der Waals surface area (Å²) < 4.78 is 4.84. The van der Waals surface area contributed by atoms with Gasteiger partial charge in [0, 0.05) is 6.54 Å². The van der Waals surface area contributed by atoms with Crippen LogP contribution in [0.5, 0.6) is 0 Å². The highest BCUT2D eigenvalue weighted by atomic mass is 16.6. The lowest BCUT2D eigenvalue weighted by Gasteiger charge is -2.14. The lowest BCUT2D eigenvalue weighted by molar-refractivity contribution is -0.402. The van der Waals surface area contributed by atoms with E-state index in [1.165, 1.54) is 12.1 Å². The molecular weight excluding hydrogens is 248 g/mol. The van der Waals surface area contributed by atoms with Gasteiger partial charge in [-0.05, 0) is 18.4 Å². The van der Waals surface area contributed by atoms with Crippen molar-refractivity contribution in [3.05, 3.63) is 28.0 Å². The lowest BCUT2D eigenvalue weighted by Crippen LogP contribution is -2.28. The third-order valence-corrected chi connectivity index (χ3v) is 3.09. The Morgan fingerprint density at radius 2 is 2.21 bits per heavy atom. The van der Waals surface area contributed by atoms with Gasteiger partial charge in [-0.2, -0.15) is 0 Å². The maximum Gasteiger partial charge on any atom is 0.433 e. The number of nitrogens with zero attached hydrogens (tertiary/aromatic N) is 1. The van der Waals surface area contributed by atoms with Gasteiger partial charge in [-0.25, -0.2) is 0 Å². The molecule has 0 saturated carbocycles. The van der Waals surface area contributed by atoms with E-state index in [2.05, 4.69) is 19.2 Å². The Morgan fingerprint density at radius 3 is 2.74 bits per heavy atom. The van der Waals surface area contributed by atoms with E-state index in [-0.39, 0.29) is 5.76 Å². The van der Waals surface area contributed by atoms with Gasteiger partial charge < -0.3 is 9.73 Å². The predicted molar refractivity (Wildman–Crippen MR) is 71.0 cm³/mol. The molecule has 1 unspecified atom stereocenters. The fourth-order valence-electron chi connectivity index (χ4n) is 1.82. The van der Waals surface area contributed by atoms with Gasteiger partial charge in [-0.15, -0.1) is 0 Å². The average molecular weight is 268 g/mol. The number of nitrogens with one attached hydrogen (secondary N) is 1. The molecule has 0 aromatic carbocycles. The first-order chi connectivity index (χ1) is 9.08. The van der Waals surface area contributed by atoms with E-state index in [9.17, 15) is 14.9 Å². The molecule has 1 rings (SSSR count). The number of carbonyl (C=O) groups excluding carboxylic acids is 1. The molecule has 0 spiro atoms. The first-order valence-corrected chi connectivity index (χ1v) is 6.60. The quantitative estimate of drug-likeness (QED) is 0.579. The van der Waals surface area contributed by atoms with Gasteiger partial charge in [0.05, 0.1) is 6.07 Å². The number of rotatable bonds is 8. The smallest absolute Gasteiger partial charge is 0.395 e. The Morgan fingerprint density at radius 1 is 1.47 bits per heavy atom. The van der Waals surface area contributed by atoms with Gasteiger partial charge in [-0.3, -0.25) is 14.9 Å². The summed E-state index contributed by atoms with van der Waals surface area (Å²) in [6.07, 6.45) is 4.35. The Bertz CT molecular complexity index is 428. The van der Waals surface area contributed by atoms with Crippen molar-refractivity contribution in [3.63, 3.8) is 0 Å². The molecule has 1 atom stereocenters. The van der Waals surface area contributed by atoms with E-state index in [1.807, 2.05) is 0 Å². The standard InChI is InChI=1S/C13H20N2O4/c1-3-5-6-10(4-2)9-14-13(16)11-7-8-12(19-11)15(17)18/h7-8,10H,3-6,9H2,1-2H3,(H,14,16). The second kappa shape index (κ2) is 7.56. The zero-order valence-electron chi connectivity index (χ0n) is 11.3. The number of unbranched alkanes of at least 4 members (excludes halogenated alkanes) is 1. The summed E-state index contributed by atoms with van der Waals surface area (Å²) in [6.45, 7) is 4.79. The largest absolute Gasteiger partial charge is 0.433 e. The second-order valence-electron chi connectivity index (χ2n) is 4.52. The van der Waals surface area contributed by atoms with Crippen LogP contribution >= 0.6 is 0 Å². The summed E-state index contributed by atoms with van der Waals surface area (Å²) >= 11 is 0. The molecule has 0 bridgehead atoms. The molecule has 1 heterocycles. The Kier molecular flexibility index (Phi) is 6.05. The normalized spacial score (nSPS) is 12.1. The van der Waals surface area contributed by atoms with Crippen LogP contribution < -0.4 is 5.32 Å². The summed E-state index contributed by atoms with van der Waals surface area (Å²) in [7, 11) is 0. The van der Waals surface area contributed by atoms with Crippen LogP contribution in [0.15, 0.2) is 16.5 Å². The molecule has 6 nitrogen and oxygen atoms in total. The molecule has 1 aromatic rings. The van der Waals surface area contributed by atoms with E-state index >= 15 is 0 Å². The van der Waals surface area contributed by atoms with Crippen molar-refractivity contribution in [2.45, 2.75) is 39.5 Å². The third-order valence-electron chi connectivity index (χ3n) is 3.09. The van der Waals surface area contributed by atoms with Crippen molar-refractivity contribution in [2.75, 3.05) is 6.54 Å². The highest BCUT2D eigenvalue weighted by molar-refractivity contribution is 5.91. The van der Waals surface area contributed by atoms with E-state index in [0.717, 1.165) is 25.7 Å². The minimum Gasteiger partial charge on any atom is -0.395 e. The maximum atomic E-state index is 11.7. The van der Waals surface area contributed by atoms with Gasteiger partial charge in [0.1, 0.15) is 4.92 Å². The summed E-state index contributed by atoms with van der Waals surface area (Å²) in [5.74, 6) is -0.392. The highest BCUT2D eigenvalue weighted by Crippen LogP contribution is 2.16. The van der Waals surface area contributed by atoms with Gasteiger partial charge in [-0.1, -0.05) is 33.1 Å². The molecule has 1 amide bonds. The maximum absolute atomic E-state index is 11.7. The number of hydrogen-bond acceptors (Lipinski definition) is 4. The van der Waals surface area contributed by atoms with Gasteiger partial charge in [0.15, 0.2) is 5.76 Å². The molecule has 0 saturated heterocycles. The fraction of sp³-hybridized carbons (Fsp3) is 0.615. The minimum absolute atomic E-state index is 0.0166. The molecule has 0 fully saturated rings. The van der Waals surface area contributed by atoms with Crippen molar-refractivity contribution in [1.82, 2.24) is 5.32 Å². The van der Waals surface area contributed by atoms with Crippen LogP contribution in [-0.4, -0.2) is 17.4 Å². The Hall–Kier alpha value is -1.85. The number of nitro groups is 1. The van der Waals surface area contributed by atoms with Gasteiger partial charge in [0.25, 0.3) is 5.91 Å². The molecule has 19 heavy (non-hydrogen) atoms. The van der Waals surface area contributed by atoms with Crippen molar-refractivity contribution in [2.24, 2.45) is 5.92 Å². The van der Waals surface area contributed by atoms with E-state index in [1.54, 1.807) is 0 Å².